The summed E-state index contributed by atoms with van der Waals surface area (Å²) in [5.74, 6) is 0. The zero-order valence-electron chi connectivity index (χ0n) is 35.9. The molecular formula is C64H39NS. The Kier molecular flexibility index (Phi) is 8.22. The molecule has 0 amide bonds. The normalized spacial score (nSPS) is 11.9. The van der Waals surface area contributed by atoms with Gasteiger partial charge in [0, 0.05) is 41.7 Å². The second kappa shape index (κ2) is 14.6. The second-order valence-corrected chi connectivity index (χ2v) is 18.5. The third kappa shape index (κ3) is 5.40. The van der Waals surface area contributed by atoms with Crippen LogP contribution in [0, 0.1) is 0 Å². The second-order valence-electron chi connectivity index (χ2n) is 17.4. The summed E-state index contributed by atoms with van der Waals surface area (Å²) in [5, 5.41) is 15.1. The van der Waals surface area contributed by atoms with Crippen molar-refractivity contribution < 1.29 is 0 Å². The third-order valence-electron chi connectivity index (χ3n) is 14.0. The van der Waals surface area contributed by atoms with Crippen LogP contribution < -0.4 is 0 Å². The summed E-state index contributed by atoms with van der Waals surface area (Å²) in [7, 11) is 0. The maximum atomic E-state index is 2.53. The minimum absolute atomic E-state index is 1.20. The monoisotopic (exact) mass is 853 g/mol. The van der Waals surface area contributed by atoms with Crippen LogP contribution in [0.15, 0.2) is 237 Å². The van der Waals surface area contributed by atoms with Gasteiger partial charge in [0.2, 0.25) is 0 Å². The van der Waals surface area contributed by atoms with Crippen LogP contribution in [0.4, 0.5) is 0 Å². The van der Waals surface area contributed by atoms with Crippen LogP contribution in [0.1, 0.15) is 0 Å². The Labute approximate surface area is 385 Å². The molecule has 2 heterocycles. The fourth-order valence-electron chi connectivity index (χ4n) is 11.3. The Morgan fingerprint density at radius 3 is 1.20 bits per heavy atom. The molecule has 0 bridgehead atoms. The molecule has 0 radical (unpaired) electrons. The molecule has 0 unspecified atom stereocenters. The highest BCUT2D eigenvalue weighted by atomic mass is 32.1. The van der Waals surface area contributed by atoms with E-state index in [0.717, 1.165) is 0 Å². The van der Waals surface area contributed by atoms with Gasteiger partial charge in [0.25, 0.3) is 0 Å². The fraction of sp³-hybridized carbons (Fsp3) is 0. The summed E-state index contributed by atoms with van der Waals surface area (Å²) in [6, 6.07) is 87.7. The van der Waals surface area contributed by atoms with E-state index < -0.39 is 0 Å². The highest BCUT2D eigenvalue weighted by molar-refractivity contribution is 7.26. The van der Waals surface area contributed by atoms with E-state index >= 15 is 0 Å². The quantitative estimate of drug-likeness (QED) is 0.152. The van der Waals surface area contributed by atoms with E-state index in [4.69, 9.17) is 0 Å². The van der Waals surface area contributed by atoms with Gasteiger partial charge in [-0.15, -0.1) is 11.3 Å². The highest BCUT2D eigenvalue weighted by Gasteiger charge is 2.25. The first-order valence-electron chi connectivity index (χ1n) is 22.8. The smallest absolute Gasteiger partial charge is 0.0619 e. The van der Waals surface area contributed by atoms with Crippen molar-refractivity contribution in [1.82, 2.24) is 4.57 Å². The van der Waals surface area contributed by atoms with E-state index in [1.165, 1.54) is 135 Å². The van der Waals surface area contributed by atoms with Crippen molar-refractivity contribution in [2.24, 2.45) is 0 Å². The maximum Gasteiger partial charge on any atom is 0.0619 e. The van der Waals surface area contributed by atoms with Crippen LogP contribution in [-0.2, 0) is 0 Å². The Morgan fingerprint density at radius 2 is 0.667 bits per heavy atom. The summed E-state index contributed by atoms with van der Waals surface area (Å²) in [6.45, 7) is 0. The number of hydrogen-bond donors (Lipinski definition) is 0. The number of para-hydroxylation sites is 1. The maximum absolute atomic E-state index is 2.53. The van der Waals surface area contributed by atoms with Crippen molar-refractivity contribution >= 4 is 96.4 Å². The predicted molar refractivity (Wildman–Crippen MR) is 285 cm³/mol. The molecule has 14 aromatic rings. The average Bonchev–Trinajstić information content (AvgIpc) is 3.94. The van der Waals surface area contributed by atoms with Crippen LogP contribution in [0.5, 0.6) is 0 Å². The average molecular weight is 854 g/mol. The van der Waals surface area contributed by atoms with Crippen LogP contribution in [0.2, 0.25) is 0 Å². The molecule has 0 aliphatic carbocycles. The molecule has 14 rings (SSSR count). The summed E-state index contributed by atoms with van der Waals surface area (Å²) in [5.41, 5.74) is 13.7. The molecule has 0 spiro atoms. The Bertz CT molecular complexity index is 4160. The Hall–Kier alpha value is -8.30. The van der Waals surface area contributed by atoms with E-state index in [9.17, 15) is 0 Å². The van der Waals surface area contributed by atoms with Crippen molar-refractivity contribution in [2.45, 2.75) is 0 Å². The van der Waals surface area contributed by atoms with Gasteiger partial charge in [0.15, 0.2) is 0 Å². The zero-order valence-corrected chi connectivity index (χ0v) is 36.7. The number of thiophene rings is 1. The lowest BCUT2D eigenvalue weighted by Crippen LogP contribution is -1.99. The summed E-state index contributed by atoms with van der Waals surface area (Å²) >= 11 is 1.90. The van der Waals surface area contributed by atoms with Crippen LogP contribution >= 0.6 is 11.3 Å². The number of aromatic nitrogens is 1. The first kappa shape index (κ1) is 37.1. The van der Waals surface area contributed by atoms with Gasteiger partial charge in [0.05, 0.1) is 16.7 Å². The number of rotatable bonds is 5. The third-order valence-corrected chi connectivity index (χ3v) is 15.1. The molecule has 66 heavy (non-hydrogen) atoms. The molecule has 12 aromatic carbocycles. The first-order chi connectivity index (χ1) is 32.8. The fourth-order valence-corrected chi connectivity index (χ4v) is 12.4. The Morgan fingerprint density at radius 1 is 0.258 bits per heavy atom. The molecule has 0 saturated carbocycles. The molecule has 0 aliphatic heterocycles. The van der Waals surface area contributed by atoms with Gasteiger partial charge in [-0.05, 0) is 107 Å². The number of benzene rings is 12. The van der Waals surface area contributed by atoms with Crippen molar-refractivity contribution in [3.63, 3.8) is 0 Å². The predicted octanol–water partition coefficient (Wildman–Crippen LogP) is 18.4. The van der Waals surface area contributed by atoms with Crippen molar-refractivity contribution in [1.29, 1.82) is 0 Å². The summed E-state index contributed by atoms with van der Waals surface area (Å²) < 4.78 is 5.11. The first-order valence-corrected chi connectivity index (χ1v) is 23.6. The van der Waals surface area contributed by atoms with Crippen molar-refractivity contribution in [2.75, 3.05) is 0 Å². The molecule has 0 N–H and O–H groups in total. The molecule has 2 heteroatoms. The minimum atomic E-state index is 1.20. The van der Waals surface area contributed by atoms with Gasteiger partial charge in [0.1, 0.15) is 0 Å². The molecule has 2 aromatic heterocycles. The number of nitrogens with zero attached hydrogens (tertiary/aromatic N) is 1. The molecule has 1 nitrogen and oxygen atoms in total. The molecule has 0 atom stereocenters. The molecule has 0 saturated heterocycles. The Balaban J connectivity index is 1.08. The van der Waals surface area contributed by atoms with E-state index in [1.807, 2.05) is 11.3 Å². The molecule has 0 fully saturated rings. The van der Waals surface area contributed by atoms with E-state index in [0.29, 0.717) is 0 Å². The summed E-state index contributed by atoms with van der Waals surface area (Å²) in [6.07, 6.45) is 0. The topological polar surface area (TPSA) is 4.93 Å². The lowest BCUT2D eigenvalue weighted by Gasteiger charge is -2.21. The van der Waals surface area contributed by atoms with Gasteiger partial charge in [-0.25, -0.2) is 0 Å². The molecule has 0 aliphatic rings. The number of fused-ring (bicyclic) bond motifs is 10. The van der Waals surface area contributed by atoms with E-state index in [1.54, 1.807) is 0 Å². The van der Waals surface area contributed by atoms with E-state index in [2.05, 4.69) is 241 Å². The SMILES string of the molecule is c1ccc(-c2ccc3c(c2)c2ccccc2n3-c2c3ccccc3c(-c3cccc4sc5cccc(-c6c7ccccc7c(-c7ccccc7)c7ccccc67)c5c34)c3ccccc23)cc1. The lowest BCUT2D eigenvalue weighted by atomic mass is 9.84. The lowest BCUT2D eigenvalue weighted by molar-refractivity contribution is 1.21. The van der Waals surface area contributed by atoms with Gasteiger partial charge >= 0.3 is 0 Å². The molecular weight excluding hydrogens is 815 g/mol. The standard InChI is InChI=1S/C64H39NS/c1-3-19-40(20-4-1)42-37-38-56-54(39-42)43-23-15-16-34-55(43)65(56)64-50-30-13-11-28-48(50)61(49-29-12-14-31-51(49)64)53-33-18-36-58-63(53)62-52(32-17-35-57(62)66-58)60-46-26-9-7-24-44(46)59(41-21-5-2-6-22-41)45-25-8-10-27-47(45)60/h1-39H. The van der Waals surface area contributed by atoms with E-state index in [-0.39, 0.29) is 0 Å². The van der Waals surface area contributed by atoms with Gasteiger partial charge in [-0.2, -0.15) is 0 Å². The van der Waals surface area contributed by atoms with Crippen molar-refractivity contribution in [3.05, 3.63) is 237 Å². The number of hydrogen-bond acceptors (Lipinski definition) is 1. The van der Waals surface area contributed by atoms with Gasteiger partial charge in [-0.1, -0.05) is 206 Å². The zero-order chi connectivity index (χ0) is 43.3. The molecule has 306 valence electrons. The van der Waals surface area contributed by atoms with Crippen molar-refractivity contribution in [3.8, 4) is 50.2 Å². The minimum Gasteiger partial charge on any atom is -0.308 e. The van der Waals surface area contributed by atoms with Crippen LogP contribution in [0.3, 0.4) is 0 Å². The van der Waals surface area contributed by atoms with Crippen LogP contribution in [0.25, 0.3) is 135 Å². The van der Waals surface area contributed by atoms with Gasteiger partial charge < -0.3 is 4.57 Å². The highest BCUT2D eigenvalue weighted by Crippen LogP contribution is 2.52. The van der Waals surface area contributed by atoms with Gasteiger partial charge in [-0.3, -0.25) is 0 Å². The van der Waals surface area contributed by atoms with Crippen LogP contribution in [-0.4, -0.2) is 4.57 Å². The largest absolute Gasteiger partial charge is 0.308 e. The summed E-state index contributed by atoms with van der Waals surface area (Å²) in [4.78, 5) is 0.